The van der Waals surface area contributed by atoms with Gasteiger partial charge >= 0.3 is 0 Å². The first-order valence-corrected chi connectivity index (χ1v) is 8.23. The molecule has 1 aliphatic rings. The van der Waals surface area contributed by atoms with Crippen LogP contribution < -0.4 is 0 Å². The summed E-state index contributed by atoms with van der Waals surface area (Å²) >= 11 is 0. The number of hydrogen-bond acceptors (Lipinski definition) is 3. The second-order valence-electron chi connectivity index (χ2n) is 6.06. The zero-order valence-electron chi connectivity index (χ0n) is 13.8. The van der Waals surface area contributed by atoms with E-state index >= 15 is 0 Å². The van der Waals surface area contributed by atoms with Crippen LogP contribution in [0, 0.1) is 5.82 Å². The van der Waals surface area contributed by atoms with Gasteiger partial charge in [-0.25, -0.2) is 4.39 Å². The van der Waals surface area contributed by atoms with Gasteiger partial charge in [0.1, 0.15) is 11.6 Å². The molecule has 0 saturated heterocycles. The minimum absolute atomic E-state index is 0.130. The largest absolute Gasteiger partial charge is 0.503 e. The highest BCUT2D eigenvalue weighted by molar-refractivity contribution is 6.05. The van der Waals surface area contributed by atoms with E-state index in [1.807, 2.05) is 18.2 Å². The summed E-state index contributed by atoms with van der Waals surface area (Å²) < 4.78 is 19.9. The Morgan fingerprint density at radius 3 is 2.42 bits per heavy atom. The van der Waals surface area contributed by atoms with Crippen molar-refractivity contribution < 1.29 is 18.7 Å². The summed E-state index contributed by atoms with van der Waals surface area (Å²) in [7, 11) is 0. The predicted octanol–water partition coefficient (Wildman–Crippen LogP) is 4.47. The number of halogens is 1. The van der Waals surface area contributed by atoms with Crippen molar-refractivity contribution in [3.8, 4) is 0 Å². The van der Waals surface area contributed by atoms with E-state index in [9.17, 15) is 14.3 Å². The van der Waals surface area contributed by atoms with Crippen LogP contribution in [0.15, 0.2) is 83.2 Å². The molecule has 4 nitrogen and oxygen atoms in total. The number of aliphatic hydroxyl groups excluding tert-OH is 1. The first-order valence-electron chi connectivity index (χ1n) is 8.23. The Morgan fingerprint density at radius 1 is 1.00 bits per heavy atom. The molecule has 2 heterocycles. The third kappa shape index (κ3) is 2.67. The van der Waals surface area contributed by atoms with Gasteiger partial charge in [0.25, 0.3) is 5.91 Å². The van der Waals surface area contributed by atoms with E-state index in [1.165, 1.54) is 17.2 Å². The third-order valence-electron chi connectivity index (χ3n) is 4.49. The maximum atomic E-state index is 14.6. The molecule has 1 N–H and O–H groups in total. The topological polar surface area (TPSA) is 53.7 Å². The number of aliphatic hydroxyl groups is 1. The Labute approximate surface area is 149 Å². The first kappa shape index (κ1) is 16.1. The molecule has 0 saturated carbocycles. The van der Waals surface area contributed by atoms with Crippen LogP contribution in [0.4, 0.5) is 4.39 Å². The number of amides is 1. The van der Waals surface area contributed by atoms with E-state index in [4.69, 9.17) is 4.42 Å². The van der Waals surface area contributed by atoms with Crippen LogP contribution in [0.25, 0.3) is 5.57 Å². The van der Waals surface area contributed by atoms with Crippen molar-refractivity contribution in [2.24, 2.45) is 0 Å². The molecule has 1 aromatic heterocycles. The molecule has 0 spiro atoms. The summed E-state index contributed by atoms with van der Waals surface area (Å²) in [5, 5.41) is 10.6. The molecule has 1 aliphatic heterocycles. The van der Waals surface area contributed by atoms with Gasteiger partial charge in [-0.05, 0) is 23.8 Å². The number of carbonyl (C=O) groups excluding carboxylic acids is 1. The molecule has 0 aliphatic carbocycles. The molecule has 0 fully saturated rings. The number of benzene rings is 2. The molecule has 0 bridgehead atoms. The van der Waals surface area contributed by atoms with Crippen molar-refractivity contribution in [2.75, 3.05) is 0 Å². The molecule has 3 aromatic rings. The monoisotopic (exact) mass is 349 g/mol. The molecule has 5 heteroatoms. The lowest BCUT2D eigenvalue weighted by Gasteiger charge is -2.27. The van der Waals surface area contributed by atoms with Gasteiger partial charge in [-0.2, -0.15) is 0 Å². The Morgan fingerprint density at radius 2 is 1.73 bits per heavy atom. The van der Waals surface area contributed by atoms with Crippen LogP contribution in [0.5, 0.6) is 0 Å². The lowest BCUT2D eigenvalue weighted by Crippen LogP contribution is -2.30. The molecule has 26 heavy (non-hydrogen) atoms. The first-order chi connectivity index (χ1) is 12.7. The standard InChI is InChI=1S/C21H16FNO3/c22-17-11-5-4-10-16(17)19-18(14-7-2-1-3-8-14)20(24)21(25)23(19)13-15-9-6-12-26-15/h1-12,19,24H,13H2/t19-/m0/s1. The van der Waals surface area contributed by atoms with Gasteiger partial charge in [0.2, 0.25) is 0 Å². The summed E-state index contributed by atoms with van der Waals surface area (Å²) in [6.07, 6.45) is 1.51. The fourth-order valence-electron chi connectivity index (χ4n) is 3.32. The molecular weight excluding hydrogens is 333 g/mol. The lowest BCUT2D eigenvalue weighted by atomic mass is 9.93. The molecule has 0 radical (unpaired) electrons. The maximum Gasteiger partial charge on any atom is 0.290 e. The van der Waals surface area contributed by atoms with Gasteiger partial charge in [-0.3, -0.25) is 4.79 Å². The second-order valence-corrected chi connectivity index (χ2v) is 6.06. The maximum absolute atomic E-state index is 14.6. The van der Waals surface area contributed by atoms with E-state index in [0.717, 1.165) is 0 Å². The highest BCUT2D eigenvalue weighted by Crippen LogP contribution is 2.44. The number of rotatable bonds is 4. The molecule has 0 unspecified atom stereocenters. The van der Waals surface area contributed by atoms with Crippen molar-refractivity contribution in [1.82, 2.24) is 4.90 Å². The van der Waals surface area contributed by atoms with E-state index in [0.29, 0.717) is 22.5 Å². The SMILES string of the molecule is O=C1C(O)=C(c2ccccc2)[C@H](c2ccccc2F)N1Cc1ccco1. The van der Waals surface area contributed by atoms with Crippen LogP contribution >= 0.6 is 0 Å². The number of nitrogens with zero attached hydrogens (tertiary/aromatic N) is 1. The fraction of sp³-hybridized carbons (Fsp3) is 0.0952. The minimum atomic E-state index is -0.740. The molecule has 2 aromatic carbocycles. The van der Waals surface area contributed by atoms with Gasteiger partial charge in [-0.15, -0.1) is 0 Å². The van der Waals surface area contributed by atoms with Crippen molar-refractivity contribution in [3.05, 3.63) is 101 Å². The molecule has 1 atom stereocenters. The van der Waals surface area contributed by atoms with Crippen LogP contribution in [0.1, 0.15) is 22.9 Å². The average molecular weight is 349 g/mol. The smallest absolute Gasteiger partial charge is 0.290 e. The van der Waals surface area contributed by atoms with Crippen LogP contribution in [-0.2, 0) is 11.3 Å². The lowest BCUT2D eigenvalue weighted by molar-refractivity contribution is -0.130. The van der Waals surface area contributed by atoms with E-state index < -0.39 is 17.8 Å². The van der Waals surface area contributed by atoms with Crippen molar-refractivity contribution >= 4 is 11.5 Å². The molecule has 1 amide bonds. The molecule has 130 valence electrons. The van der Waals surface area contributed by atoms with Crippen LogP contribution in [0.3, 0.4) is 0 Å². The highest BCUT2D eigenvalue weighted by Gasteiger charge is 2.42. The number of furan rings is 1. The zero-order valence-corrected chi connectivity index (χ0v) is 13.8. The minimum Gasteiger partial charge on any atom is -0.503 e. The Hall–Kier alpha value is -3.34. The van der Waals surface area contributed by atoms with E-state index in [1.54, 1.807) is 42.5 Å². The van der Waals surface area contributed by atoms with E-state index in [2.05, 4.69) is 0 Å². The summed E-state index contributed by atoms with van der Waals surface area (Å²) in [5.74, 6) is -0.788. The Bertz CT molecular complexity index is 964. The zero-order chi connectivity index (χ0) is 18.1. The summed E-state index contributed by atoms with van der Waals surface area (Å²) in [4.78, 5) is 14.2. The Balaban J connectivity index is 1.86. The van der Waals surface area contributed by atoms with Crippen molar-refractivity contribution in [3.63, 3.8) is 0 Å². The van der Waals surface area contributed by atoms with Gasteiger partial charge in [-0.1, -0.05) is 48.5 Å². The third-order valence-corrected chi connectivity index (χ3v) is 4.49. The summed E-state index contributed by atoms with van der Waals surface area (Å²) in [6.45, 7) is 0.130. The number of hydrogen-bond donors (Lipinski definition) is 1. The van der Waals surface area contributed by atoms with Gasteiger partial charge in [0.15, 0.2) is 5.76 Å². The van der Waals surface area contributed by atoms with Gasteiger partial charge in [0.05, 0.1) is 18.8 Å². The normalized spacial score (nSPS) is 17.2. The molecular formula is C21H16FNO3. The second kappa shape index (κ2) is 6.52. The average Bonchev–Trinajstić information content (AvgIpc) is 3.25. The fourth-order valence-corrected chi connectivity index (χ4v) is 3.32. The molecule has 4 rings (SSSR count). The number of carbonyl (C=O) groups is 1. The van der Waals surface area contributed by atoms with Crippen LogP contribution in [-0.4, -0.2) is 15.9 Å². The van der Waals surface area contributed by atoms with Gasteiger partial charge in [0, 0.05) is 11.1 Å². The van der Waals surface area contributed by atoms with Gasteiger partial charge < -0.3 is 14.4 Å². The Kier molecular flexibility index (Phi) is 4.05. The quantitative estimate of drug-likeness (QED) is 0.756. The van der Waals surface area contributed by atoms with Crippen molar-refractivity contribution in [2.45, 2.75) is 12.6 Å². The predicted molar refractivity (Wildman–Crippen MR) is 94.4 cm³/mol. The van der Waals surface area contributed by atoms with E-state index in [-0.39, 0.29) is 12.3 Å². The van der Waals surface area contributed by atoms with Crippen molar-refractivity contribution in [1.29, 1.82) is 0 Å². The summed E-state index contributed by atoms with van der Waals surface area (Å²) in [6, 6.07) is 18.1. The highest BCUT2D eigenvalue weighted by atomic mass is 19.1. The summed E-state index contributed by atoms with van der Waals surface area (Å²) in [5.41, 5.74) is 1.40. The van der Waals surface area contributed by atoms with Crippen LogP contribution in [0.2, 0.25) is 0 Å².